The molecule has 100 valence electrons. The van der Waals surface area contributed by atoms with Crippen LogP contribution in [0.2, 0.25) is 0 Å². The van der Waals surface area contributed by atoms with E-state index in [1.54, 1.807) is 12.1 Å². The number of alkyl halides is 3. The van der Waals surface area contributed by atoms with E-state index in [1.807, 2.05) is 6.07 Å². The van der Waals surface area contributed by atoms with Gasteiger partial charge in [-0.2, -0.15) is 13.2 Å². The molecule has 0 aliphatic heterocycles. The zero-order valence-electron chi connectivity index (χ0n) is 9.83. The molecule has 0 radical (unpaired) electrons. The van der Waals surface area contributed by atoms with Gasteiger partial charge in [-0.25, -0.2) is 0 Å². The molecule has 0 saturated heterocycles. The monoisotopic (exact) mass is 260 g/mol. The largest absolute Gasteiger partial charge is 0.493 e. The van der Waals surface area contributed by atoms with Crippen molar-refractivity contribution in [3.63, 3.8) is 0 Å². The SMILES string of the molecule is OCC(COc1ccc2c(c1)CCC2)C(F)(F)F. The Morgan fingerprint density at radius 2 is 1.94 bits per heavy atom. The van der Waals surface area contributed by atoms with Gasteiger partial charge in [-0.1, -0.05) is 6.07 Å². The normalized spacial score (nSPS) is 16.4. The fourth-order valence-corrected chi connectivity index (χ4v) is 2.09. The molecule has 2 rings (SSSR count). The lowest BCUT2D eigenvalue weighted by molar-refractivity contribution is -0.190. The maximum absolute atomic E-state index is 12.4. The van der Waals surface area contributed by atoms with Gasteiger partial charge < -0.3 is 9.84 Å². The summed E-state index contributed by atoms with van der Waals surface area (Å²) in [5.74, 6) is -1.39. The molecule has 1 aromatic rings. The summed E-state index contributed by atoms with van der Waals surface area (Å²) >= 11 is 0. The van der Waals surface area contributed by atoms with Crippen LogP contribution in [-0.4, -0.2) is 24.5 Å². The van der Waals surface area contributed by atoms with Crippen LogP contribution in [0.25, 0.3) is 0 Å². The number of hydrogen-bond acceptors (Lipinski definition) is 2. The highest BCUT2D eigenvalue weighted by molar-refractivity contribution is 5.38. The maximum atomic E-state index is 12.4. The molecule has 2 nitrogen and oxygen atoms in total. The third kappa shape index (κ3) is 2.96. The lowest BCUT2D eigenvalue weighted by atomic mass is 10.1. The maximum Gasteiger partial charge on any atom is 0.397 e. The minimum absolute atomic E-state index is 0.443. The molecule has 0 fully saturated rings. The standard InChI is InChI=1S/C13H15F3O2/c14-13(15,16)11(7-17)8-18-12-5-4-9-2-1-3-10(9)6-12/h4-6,11,17H,1-3,7-8H2. The molecular weight excluding hydrogens is 245 g/mol. The predicted molar refractivity (Wildman–Crippen MR) is 60.6 cm³/mol. The third-order valence-electron chi connectivity index (χ3n) is 3.20. The van der Waals surface area contributed by atoms with Crippen LogP contribution in [0, 0.1) is 5.92 Å². The summed E-state index contributed by atoms with van der Waals surface area (Å²) in [7, 11) is 0. The quantitative estimate of drug-likeness (QED) is 0.902. The number of aliphatic hydroxyl groups excluding tert-OH is 1. The Morgan fingerprint density at radius 1 is 1.22 bits per heavy atom. The minimum Gasteiger partial charge on any atom is -0.493 e. The number of rotatable bonds is 4. The summed E-state index contributed by atoms with van der Waals surface area (Å²) in [4.78, 5) is 0. The second-order valence-corrected chi connectivity index (χ2v) is 4.52. The van der Waals surface area contributed by atoms with Gasteiger partial charge in [-0.15, -0.1) is 0 Å². The topological polar surface area (TPSA) is 29.5 Å². The molecule has 1 aliphatic rings. The summed E-state index contributed by atoms with van der Waals surface area (Å²) in [6.07, 6.45) is -1.36. The predicted octanol–water partition coefficient (Wildman–Crippen LogP) is 2.72. The van der Waals surface area contributed by atoms with E-state index in [1.165, 1.54) is 5.56 Å². The van der Waals surface area contributed by atoms with E-state index in [2.05, 4.69) is 0 Å². The van der Waals surface area contributed by atoms with Gasteiger partial charge in [0.15, 0.2) is 0 Å². The average molecular weight is 260 g/mol. The fraction of sp³-hybridized carbons (Fsp3) is 0.538. The summed E-state index contributed by atoms with van der Waals surface area (Å²) in [5, 5.41) is 8.69. The van der Waals surface area contributed by atoms with E-state index in [0.717, 1.165) is 24.8 Å². The smallest absolute Gasteiger partial charge is 0.397 e. The number of benzene rings is 1. The van der Waals surface area contributed by atoms with Gasteiger partial charge >= 0.3 is 6.18 Å². The van der Waals surface area contributed by atoms with Crippen molar-refractivity contribution in [3.05, 3.63) is 29.3 Å². The molecule has 5 heteroatoms. The van der Waals surface area contributed by atoms with Crippen molar-refractivity contribution in [2.75, 3.05) is 13.2 Å². The third-order valence-corrected chi connectivity index (χ3v) is 3.20. The van der Waals surface area contributed by atoms with Crippen molar-refractivity contribution in [1.29, 1.82) is 0 Å². The second kappa shape index (κ2) is 5.18. The van der Waals surface area contributed by atoms with Gasteiger partial charge in [0.25, 0.3) is 0 Å². The molecular formula is C13H15F3O2. The number of hydrogen-bond donors (Lipinski definition) is 1. The van der Waals surface area contributed by atoms with E-state index in [-0.39, 0.29) is 0 Å². The van der Waals surface area contributed by atoms with E-state index >= 15 is 0 Å². The molecule has 0 saturated carbocycles. The Balaban J connectivity index is 1.98. The van der Waals surface area contributed by atoms with E-state index in [0.29, 0.717) is 5.75 Å². The number of fused-ring (bicyclic) bond motifs is 1. The van der Waals surface area contributed by atoms with Gasteiger partial charge in [0.2, 0.25) is 0 Å². The summed E-state index contributed by atoms with van der Waals surface area (Å²) in [5.41, 5.74) is 2.40. The molecule has 1 aromatic carbocycles. The van der Waals surface area contributed by atoms with Crippen LogP contribution in [0.5, 0.6) is 5.75 Å². The average Bonchev–Trinajstić information content (AvgIpc) is 2.75. The molecule has 0 bridgehead atoms. The molecule has 1 N–H and O–H groups in total. The first-order valence-electron chi connectivity index (χ1n) is 5.93. The minimum atomic E-state index is -4.43. The molecule has 0 spiro atoms. The molecule has 0 amide bonds. The second-order valence-electron chi connectivity index (χ2n) is 4.52. The number of aryl methyl sites for hydroxylation is 2. The zero-order valence-corrected chi connectivity index (χ0v) is 9.83. The van der Waals surface area contributed by atoms with Gasteiger partial charge in [-0.05, 0) is 42.5 Å². The first-order chi connectivity index (χ1) is 8.50. The summed E-state index contributed by atoms with van der Waals surface area (Å²) in [6.45, 7) is -1.49. The first kappa shape index (κ1) is 13.2. The molecule has 1 unspecified atom stereocenters. The van der Waals surface area contributed by atoms with Gasteiger partial charge in [0.05, 0.1) is 6.61 Å². The van der Waals surface area contributed by atoms with Crippen LogP contribution < -0.4 is 4.74 Å². The lowest BCUT2D eigenvalue weighted by Crippen LogP contribution is -2.31. The van der Waals surface area contributed by atoms with Gasteiger partial charge in [-0.3, -0.25) is 0 Å². The van der Waals surface area contributed by atoms with Crippen LogP contribution in [0.3, 0.4) is 0 Å². The highest BCUT2D eigenvalue weighted by atomic mass is 19.4. The van der Waals surface area contributed by atoms with Crippen molar-refractivity contribution < 1.29 is 23.0 Å². The Bertz CT molecular complexity index is 415. The van der Waals surface area contributed by atoms with E-state index in [9.17, 15) is 13.2 Å². The molecule has 0 aromatic heterocycles. The fourth-order valence-electron chi connectivity index (χ4n) is 2.09. The zero-order chi connectivity index (χ0) is 13.2. The Morgan fingerprint density at radius 3 is 2.61 bits per heavy atom. The number of halogens is 3. The molecule has 18 heavy (non-hydrogen) atoms. The Hall–Kier alpha value is -1.23. The van der Waals surface area contributed by atoms with E-state index < -0.39 is 25.3 Å². The van der Waals surface area contributed by atoms with Crippen LogP contribution >= 0.6 is 0 Å². The molecule has 0 heterocycles. The Kier molecular flexibility index (Phi) is 3.80. The molecule has 1 atom stereocenters. The summed E-state index contributed by atoms with van der Waals surface area (Å²) in [6, 6.07) is 5.39. The Labute approximate surface area is 103 Å². The van der Waals surface area contributed by atoms with Gasteiger partial charge in [0.1, 0.15) is 18.3 Å². The molecule has 1 aliphatic carbocycles. The van der Waals surface area contributed by atoms with Crippen molar-refractivity contribution in [2.45, 2.75) is 25.4 Å². The van der Waals surface area contributed by atoms with Crippen LogP contribution in [0.1, 0.15) is 17.5 Å². The van der Waals surface area contributed by atoms with Crippen LogP contribution in [-0.2, 0) is 12.8 Å². The lowest BCUT2D eigenvalue weighted by Gasteiger charge is -2.18. The van der Waals surface area contributed by atoms with Crippen molar-refractivity contribution in [2.24, 2.45) is 5.92 Å². The van der Waals surface area contributed by atoms with Crippen LogP contribution in [0.4, 0.5) is 13.2 Å². The van der Waals surface area contributed by atoms with E-state index in [4.69, 9.17) is 9.84 Å². The van der Waals surface area contributed by atoms with Crippen molar-refractivity contribution >= 4 is 0 Å². The van der Waals surface area contributed by atoms with Crippen molar-refractivity contribution in [3.8, 4) is 5.75 Å². The highest BCUT2D eigenvalue weighted by Crippen LogP contribution is 2.29. The first-order valence-corrected chi connectivity index (χ1v) is 5.93. The summed E-state index contributed by atoms with van der Waals surface area (Å²) < 4.78 is 42.3. The van der Waals surface area contributed by atoms with Crippen molar-refractivity contribution in [1.82, 2.24) is 0 Å². The van der Waals surface area contributed by atoms with Crippen LogP contribution in [0.15, 0.2) is 18.2 Å². The number of ether oxygens (including phenoxy) is 1. The van der Waals surface area contributed by atoms with Gasteiger partial charge in [0, 0.05) is 0 Å². The number of aliphatic hydroxyl groups is 1. The highest BCUT2D eigenvalue weighted by Gasteiger charge is 2.39.